The van der Waals surface area contributed by atoms with Gasteiger partial charge in [-0.15, -0.1) is 10.2 Å². The minimum Gasteiger partial charge on any atom is -0.287 e. The Morgan fingerprint density at radius 3 is 1.93 bits per heavy atom. The lowest BCUT2D eigenvalue weighted by molar-refractivity contribution is -0.166. The summed E-state index contributed by atoms with van der Waals surface area (Å²) in [7, 11) is 0. The van der Waals surface area contributed by atoms with Crippen LogP contribution in [0.3, 0.4) is 0 Å². The highest BCUT2D eigenvalue weighted by atomic mass is 19.4. The van der Waals surface area contributed by atoms with E-state index in [1.54, 1.807) is 6.07 Å². The van der Waals surface area contributed by atoms with E-state index in [2.05, 4.69) is 20.2 Å². The van der Waals surface area contributed by atoms with Gasteiger partial charge in [0.25, 0.3) is 0 Å². The molecule has 1 amide bonds. The highest BCUT2D eigenvalue weighted by molar-refractivity contribution is 5.91. The predicted octanol–water partition coefficient (Wildman–Crippen LogP) is 3.60. The van der Waals surface area contributed by atoms with E-state index in [1.807, 2.05) is 35.8 Å². The lowest BCUT2D eigenvalue weighted by atomic mass is 10.00. The van der Waals surface area contributed by atoms with Crippen molar-refractivity contribution in [3.63, 3.8) is 0 Å². The Hall–Kier alpha value is -3.66. The zero-order valence-corrected chi connectivity index (χ0v) is 14.7. The molecule has 0 spiro atoms. The highest BCUT2D eigenvalue weighted by Crippen LogP contribution is 2.52. The van der Waals surface area contributed by atoms with E-state index in [-0.39, 0.29) is 11.4 Å². The van der Waals surface area contributed by atoms with Crippen molar-refractivity contribution in [2.24, 2.45) is 16.1 Å². The second-order valence-corrected chi connectivity index (χ2v) is 6.25. The van der Waals surface area contributed by atoms with Gasteiger partial charge in [-0.2, -0.15) is 13.2 Å². The summed E-state index contributed by atoms with van der Waals surface area (Å²) in [4.78, 5) is 20.4. The van der Waals surface area contributed by atoms with Gasteiger partial charge in [0.15, 0.2) is 0 Å². The molecule has 146 valence electrons. The number of nitrogen functional groups attached to an aromatic ring is 1. The number of rotatable bonds is 4. The molecule has 1 aliphatic rings. The molecule has 0 aliphatic carbocycles. The zero-order chi connectivity index (χ0) is 20.6. The lowest BCUT2D eigenvalue weighted by Gasteiger charge is -2.15. The van der Waals surface area contributed by atoms with Crippen LogP contribution in [-0.4, -0.2) is 22.1 Å². The number of hydrogen-bond donors (Lipinski definition) is 2. The molecule has 0 radical (unpaired) electrons. The van der Waals surface area contributed by atoms with Crippen molar-refractivity contribution >= 4 is 5.91 Å². The van der Waals surface area contributed by atoms with Gasteiger partial charge in [0.1, 0.15) is 0 Å². The molecule has 3 aromatic rings. The maximum absolute atomic E-state index is 13.2. The van der Waals surface area contributed by atoms with E-state index in [0.717, 1.165) is 5.56 Å². The quantitative estimate of drug-likeness (QED) is 0.398. The van der Waals surface area contributed by atoms with Gasteiger partial charge in [0.2, 0.25) is 5.82 Å². The van der Waals surface area contributed by atoms with Crippen LogP contribution in [0.25, 0.3) is 22.5 Å². The van der Waals surface area contributed by atoms with Gasteiger partial charge in [-0.05, 0) is 6.07 Å². The number of hydrogen-bond acceptors (Lipinski definition) is 6. The first-order chi connectivity index (χ1) is 13.8. The number of aromatic nitrogens is 2. The highest BCUT2D eigenvalue weighted by Gasteiger charge is 2.65. The van der Waals surface area contributed by atoms with Crippen molar-refractivity contribution in [2.45, 2.75) is 11.8 Å². The number of carbonyl (C=O) groups is 1. The number of halogens is 3. The van der Waals surface area contributed by atoms with Crippen molar-refractivity contribution in [1.82, 2.24) is 15.4 Å². The minimum atomic E-state index is -4.60. The van der Waals surface area contributed by atoms with E-state index in [1.165, 1.54) is 24.3 Å². The first-order valence-electron chi connectivity index (χ1n) is 8.41. The SMILES string of the molecule is NNC(=O)c1nc(-c2ccccc2)cc(-c2ccc(C3(C(F)(F)F)N=N3)cc2)n1. The molecular weight excluding hydrogens is 385 g/mol. The first-order valence-corrected chi connectivity index (χ1v) is 8.41. The van der Waals surface area contributed by atoms with E-state index in [9.17, 15) is 18.0 Å². The van der Waals surface area contributed by atoms with Crippen LogP contribution in [0.4, 0.5) is 13.2 Å². The van der Waals surface area contributed by atoms with Crippen LogP contribution in [0.15, 0.2) is 70.9 Å². The number of alkyl halides is 3. The van der Waals surface area contributed by atoms with Crippen LogP contribution in [0.5, 0.6) is 0 Å². The Kier molecular flexibility index (Phi) is 4.35. The summed E-state index contributed by atoms with van der Waals surface area (Å²) in [5.41, 5.74) is 1.46. The van der Waals surface area contributed by atoms with Crippen LogP contribution in [-0.2, 0) is 5.66 Å². The fraction of sp³-hybridized carbons (Fsp3) is 0.105. The van der Waals surface area contributed by atoms with E-state index < -0.39 is 17.7 Å². The number of nitrogens with two attached hydrogens (primary N) is 1. The van der Waals surface area contributed by atoms with Crippen molar-refractivity contribution in [3.8, 4) is 22.5 Å². The molecule has 3 N–H and O–H groups in total. The Bertz CT molecular complexity index is 1090. The molecule has 1 aromatic heterocycles. The van der Waals surface area contributed by atoms with Gasteiger partial charge in [-0.3, -0.25) is 10.2 Å². The van der Waals surface area contributed by atoms with Crippen LogP contribution in [0.1, 0.15) is 16.2 Å². The standard InChI is InChI=1S/C19H13F3N6O/c20-19(21,22)18(27-28-18)13-8-6-12(7-9-13)15-10-14(11-4-2-1-3-5-11)24-16(25-15)17(29)26-23/h1-10H,23H2,(H,26,29). The fourth-order valence-corrected chi connectivity index (χ4v) is 2.83. The molecule has 1 aliphatic heterocycles. The third-order valence-electron chi connectivity index (χ3n) is 4.41. The third kappa shape index (κ3) is 3.34. The molecule has 0 saturated heterocycles. The summed E-state index contributed by atoms with van der Waals surface area (Å²) in [6, 6.07) is 16.2. The van der Waals surface area contributed by atoms with Crippen molar-refractivity contribution in [3.05, 3.63) is 72.1 Å². The lowest BCUT2D eigenvalue weighted by Crippen LogP contribution is -2.31. The van der Waals surface area contributed by atoms with Gasteiger partial charge in [-0.25, -0.2) is 15.8 Å². The smallest absolute Gasteiger partial charge is 0.287 e. The van der Waals surface area contributed by atoms with Crippen LogP contribution < -0.4 is 11.3 Å². The normalized spacial score (nSPS) is 14.5. The van der Waals surface area contributed by atoms with E-state index in [0.29, 0.717) is 17.0 Å². The molecular formula is C19H13F3N6O. The molecule has 4 rings (SSSR count). The van der Waals surface area contributed by atoms with Crippen molar-refractivity contribution < 1.29 is 18.0 Å². The molecule has 0 unspecified atom stereocenters. The monoisotopic (exact) mass is 398 g/mol. The third-order valence-corrected chi connectivity index (χ3v) is 4.41. The largest absolute Gasteiger partial charge is 0.442 e. The topological polar surface area (TPSA) is 106 Å². The molecule has 2 aromatic carbocycles. The Balaban J connectivity index is 1.75. The van der Waals surface area contributed by atoms with Crippen LogP contribution in [0, 0.1) is 0 Å². The second-order valence-electron chi connectivity index (χ2n) is 6.25. The Labute approximate surface area is 162 Å². The number of benzene rings is 2. The van der Waals surface area contributed by atoms with Gasteiger partial charge in [-0.1, -0.05) is 54.6 Å². The molecule has 2 heterocycles. The fourth-order valence-electron chi connectivity index (χ4n) is 2.83. The molecule has 0 fully saturated rings. The summed E-state index contributed by atoms with van der Waals surface area (Å²) in [6.07, 6.45) is -4.60. The van der Waals surface area contributed by atoms with Gasteiger partial charge >= 0.3 is 17.7 Å². The van der Waals surface area contributed by atoms with E-state index in [4.69, 9.17) is 5.84 Å². The summed E-state index contributed by atoms with van der Waals surface area (Å²) < 4.78 is 39.5. The maximum Gasteiger partial charge on any atom is 0.442 e. The molecule has 10 heteroatoms. The summed E-state index contributed by atoms with van der Waals surface area (Å²) in [6.45, 7) is 0. The van der Waals surface area contributed by atoms with Crippen molar-refractivity contribution in [1.29, 1.82) is 0 Å². The summed E-state index contributed by atoms with van der Waals surface area (Å²) in [5.74, 6) is 4.34. The maximum atomic E-state index is 13.2. The summed E-state index contributed by atoms with van der Waals surface area (Å²) >= 11 is 0. The number of hydrazine groups is 1. The second kappa shape index (κ2) is 6.74. The number of carbonyl (C=O) groups excluding carboxylic acids is 1. The van der Waals surface area contributed by atoms with Gasteiger partial charge in [0.05, 0.1) is 11.4 Å². The van der Waals surface area contributed by atoms with E-state index >= 15 is 0 Å². The summed E-state index contributed by atoms with van der Waals surface area (Å²) in [5, 5.41) is 6.38. The molecule has 29 heavy (non-hydrogen) atoms. The molecule has 0 bridgehead atoms. The Morgan fingerprint density at radius 1 is 0.897 bits per heavy atom. The molecule has 0 atom stereocenters. The minimum absolute atomic E-state index is 0.0917. The van der Waals surface area contributed by atoms with Gasteiger partial charge in [0, 0.05) is 16.7 Å². The first kappa shape index (κ1) is 18.7. The van der Waals surface area contributed by atoms with Crippen LogP contribution in [0.2, 0.25) is 0 Å². The molecule has 0 saturated carbocycles. The Morgan fingerprint density at radius 2 is 1.45 bits per heavy atom. The number of nitrogens with zero attached hydrogens (tertiary/aromatic N) is 4. The number of nitrogens with one attached hydrogen (secondary N) is 1. The molecule has 7 nitrogen and oxygen atoms in total. The van der Waals surface area contributed by atoms with Gasteiger partial charge < -0.3 is 0 Å². The van der Waals surface area contributed by atoms with Crippen molar-refractivity contribution in [2.75, 3.05) is 0 Å². The van der Waals surface area contributed by atoms with Crippen LogP contribution >= 0.6 is 0 Å². The zero-order valence-electron chi connectivity index (χ0n) is 14.7. The number of amides is 1. The average Bonchev–Trinajstić information content (AvgIpc) is 3.56. The average molecular weight is 398 g/mol. The predicted molar refractivity (Wildman–Crippen MR) is 97.1 cm³/mol.